The Morgan fingerprint density at radius 2 is 1.77 bits per heavy atom. The molecule has 30 heavy (non-hydrogen) atoms. The fourth-order valence-corrected chi connectivity index (χ4v) is 4.27. The molecule has 0 unspecified atom stereocenters. The maximum absolute atomic E-state index is 12.4. The van der Waals surface area contributed by atoms with Gasteiger partial charge in [0.05, 0.1) is 17.0 Å². The summed E-state index contributed by atoms with van der Waals surface area (Å²) in [6, 6.07) is 2.21. The number of rotatable bonds is 4. The number of carboxylic acid groups (broad SMARTS) is 1. The molecule has 8 heteroatoms. The summed E-state index contributed by atoms with van der Waals surface area (Å²) in [5.41, 5.74) is -0.172. The first-order chi connectivity index (χ1) is 13.8. The number of nitrogens with zero attached hydrogens (tertiary/aromatic N) is 3. The first-order valence-electron chi connectivity index (χ1n) is 10.0. The van der Waals surface area contributed by atoms with Gasteiger partial charge < -0.3 is 14.7 Å². The number of piperidine rings is 1. The zero-order valence-electron chi connectivity index (χ0n) is 18.8. The molecule has 1 fully saturated rings. The molecular formula is C22H31N3O4S. The molecule has 0 amide bonds. The number of pyridine rings is 1. The van der Waals surface area contributed by atoms with Gasteiger partial charge >= 0.3 is 11.9 Å². The summed E-state index contributed by atoms with van der Waals surface area (Å²) >= 11 is 1.26. The van der Waals surface area contributed by atoms with E-state index in [4.69, 9.17) is 4.74 Å². The van der Waals surface area contributed by atoms with Crippen molar-refractivity contribution in [3.63, 3.8) is 0 Å². The Morgan fingerprint density at radius 1 is 1.20 bits per heavy atom. The lowest BCUT2D eigenvalue weighted by Gasteiger charge is -2.35. The van der Waals surface area contributed by atoms with E-state index in [9.17, 15) is 20.0 Å². The number of hydrogen-bond donors (Lipinski definition) is 1. The van der Waals surface area contributed by atoms with Crippen LogP contribution in [0.25, 0.3) is 0 Å². The number of hydrogen-bond acceptors (Lipinski definition) is 7. The van der Waals surface area contributed by atoms with E-state index in [1.807, 2.05) is 46.4 Å². The van der Waals surface area contributed by atoms with Gasteiger partial charge in [-0.1, -0.05) is 20.8 Å². The van der Waals surface area contributed by atoms with Gasteiger partial charge in [0.1, 0.15) is 22.5 Å². The number of nitriles is 1. The lowest BCUT2D eigenvalue weighted by molar-refractivity contribution is -0.160. The number of carboxylic acids is 1. The lowest BCUT2D eigenvalue weighted by Crippen LogP contribution is -2.40. The Labute approximate surface area is 182 Å². The minimum atomic E-state index is -1.08. The number of carbonyl (C=O) groups excluding carboxylic acids is 1. The first-order valence-corrected chi connectivity index (χ1v) is 11.3. The van der Waals surface area contributed by atoms with E-state index in [1.165, 1.54) is 11.8 Å². The molecule has 2 heterocycles. The van der Waals surface area contributed by atoms with Crippen LogP contribution in [0.15, 0.2) is 5.03 Å². The third kappa shape index (κ3) is 5.25. The van der Waals surface area contributed by atoms with Crippen LogP contribution >= 0.6 is 11.8 Å². The van der Waals surface area contributed by atoms with Crippen molar-refractivity contribution in [1.82, 2.24) is 4.98 Å². The Balaban J connectivity index is 2.43. The van der Waals surface area contributed by atoms with Crippen LogP contribution in [0.4, 0.5) is 5.82 Å². The van der Waals surface area contributed by atoms with E-state index in [1.54, 1.807) is 6.26 Å². The van der Waals surface area contributed by atoms with Crippen molar-refractivity contribution in [2.45, 2.75) is 70.4 Å². The predicted molar refractivity (Wildman–Crippen MR) is 117 cm³/mol. The lowest BCUT2D eigenvalue weighted by atomic mass is 9.81. The van der Waals surface area contributed by atoms with E-state index in [0.29, 0.717) is 47.9 Å². The molecule has 0 bridgehead atoms. The highest BCUT2D eigenvalue weighted by Gasteiger charge is 2.35. The molecule has 0 atom stereocenters. The molecule has 1 aliphatic heterocycles. The Kier molecular flexibility index (Phi) is 7.08. The largest absolute Gasteiger partial charge is 0.478 e. The summed E-state index contributed by atoms with van der Waals surface area (Å²) < 4.78 is 5.51. The number of anilines is 1. The van der Waals surface area contributed by atoms with Crippen LogP contribution in [0.1, 0.15) is 75.9 Å². The first kappa shape index (κ1) is 24.0. The summed E-state index contributed by atoms with van der Waals surface area (Å²) in [5.74, 6) is -0.966. The summed E-state index contributed by atoms with van der Waals surface area (Å²) in [6.07, 6.45) is 2.98. The van der Waals surface area contributed by atoms with Gasteiger partial charge in [0.2, 0.25) is 0 Å². The molecular weight excluding hydrogens is 402 g/mol. The van der Waals surface area contributed by atoms with Crippen molar-refractivity contribution in [1.29, 1.82) is 5.26 Å². The molecule has 0 spiro atoms. The second kappa shape index (κ2) is 8.84. The zero-order valence-corrected chi connectivity index (χ0v) is 19.6. The number of aromatic nitrogens is 1. The van der Waals surface area contributed by atoms with E-state index >= 15 is 0 Å². The minimum absolute atomic E-state index is 0.0962. The van der Waals surface area contributed by atoms with Crippen molar-refractivity contribution in [3.8, 4) is 6.07 Å². The molecule has 0 radical (unpaired) electrons. The van der Waals surface area contributed by atoms with E-state index < -0.39 is 17.0 Å². The molecule has 1 saturated heterocycles. The predicted octanol–water partition coefficient (Wildman–Crippen LogP) is 4.23. The monoisotopic (exact) mass is 433 g/mol. The van der Waals surface area contributed by atoms with Crippen LogP contribution in [-0.4, -0.2) is 47.0 Å². The molecule has 1 aliphatic rings. The van der Waals surface area contributed by atoms with Gasteiger partial charge in [-0.25, -0.2) is 9.78 Å². The van der Waals surface area contributed by atoms with Crippen LogP contribution in [0.3, 0.4) is 0 Å². The molecule has 1 aromatic heterocycles. The third-order valence-corrected chi connectivity index (χ3v) is 5.63. The van der Waals surface area contributed by atoms with Gasteiger partial charge in [-0.05, 0) is 50.8 Å². The van der Waals surface area contributed by atoms with E-state index in [2.05, 4.69) is 11.1 Å². The summed E-state index contributed by atoms with van der Waals surface area (Å²) in [4.78, 5) is 31.0. The van der Waals surface area contributed by atoms with Crippen molar-refractivity contribution in [2.75, 3.05) is 24.2 Å². The highest BCUT2D eigenvalue weighted by Crippen LogP contribution is 2.39. The van der Waals surface area contributed by atoms with Gasteiger partial charge in [-0.15, -0.1) is 11.8 Å². The zero-order chi connectivity index (χ0) is 22.9. The smallest absolute Gasteiger partial charge is 0.338 e. The molecule has 1 N–H and O–H groups in total. The fraction of sp³-hybridized carbons (Fsp3) is 0.636. The number of ether oxygens (including phenoxy) is 1. The van der Waals surface area contributed by atoms with Gasteiger partial charge in [0.25, 0.3) is 0 Å². The van der Waals surface area contributed by atoms with Crippen LogP contribution in [-0.2, 0) is 14.9 Å². The van der Waals surface area contributed by atoms with Crippen LogP contribution in [0, 0.1) is 17.2 Å². The summed E-state index contributed by atoms with van der Waals surface area (Å²) in [6.45, 7) is 12.4. The normalized spacial score (nSPS) is 15.6. The Morgan fingerprint density at radius 3 is 2.17 bits per heavy atom. The Hall–Kier alpha value is -2.27. The van der Waals surface area contributed by atoms with Gasteiger partial charge in [0, 0.05) is 13.1 Å². The maximum Gasteiger partial charge on any atom is 0.338 e. The van der Waals surface area contributed by atoms with E-state index in [0.717, 1.165) is 0 Å². The highest BCUT2D eigenvalue weighted by molar-refractivity contribution is 7.98. The third-order valence-electron chi connectivity index (χ3n) is 4.95. The summed E-state index contributed by atoms with van der Waals surface area (Å²) in [5, 5.41) is 20.2. The number of aromatic carboxylic acids is 1. The van der Waals surface area contributed by atoms with E-state index in [-0.39, 0.29) is 17.5 Å². The molecule has 0 aromatic carbocycles. The van der Waals surface area contributed by atoms with Crippen LogP contribution in [0.5, 0.6) is 0 Å². The second-order valence-electron chi connectivity index (χ2n) is 9.53. The molecule has 7 nitrogen and oxygen atoms in total. The molecule has 164 valence electrons. The maximum atomic E-state index is 12.4. The fourth-order valence-electron chi connectivity index (χ4n) is 3.69. The SMILES string of the molecule is CSc1nc(N2CCC(C(=O)OC(C)(C)C)CC2)c(C#N)c(C(C)(C)C)c1C(=O)O. The minimum Gasteiger partial charge on any atom is -0.478 e. The molecule has 0 aliphatic carbocycles. The van der Waals surface area contributed by atoms with Crippen molar-refractivity contribution in [2.24, 2.45) is 5.92 Å². The molecule has 0 saturated carbocycles. The molecule has 1 aromatic rings. The van der Waals surface area contributed by atoms with Crippen LogP contribution in [0.2, 0.25) is 0 Å². The highest BCUT2D eigenvalue weighted by atomic mass is 32.2. The second-order valence-corrected chi connectivity index (χ2v) is 10.3. The Bertz CT molecular complexity index is 870. The quantitative estimate of drug-likeness (QED) is 0.556. The van der Waals surface area contributed by atoms with Gasteiger partial charge in [-0.3, -0.25) is 4.79 Å². The number of esters is 1. The van der Waals surface area contributed by atoms with Crippen molar-refractivity contribution in [3.05, 3.63) is 16.7 Å². The average molecular weight is 434 g/mol. The number of carbonyl (C=O) groups is 2. The van der Waals surface area contributed by atoms with Gasteiger partial charge in [0.15, 0.2) is 0 Å². The number of thioether (sulfide) groups is 1. The van der Waals surface area contributed by atoms with Crippen LogP contribution < -0.4 is 4.90 Å². The molecule has 2 rings (SSSR count). The average Bonchev–Trinajstić information content (AvgIpc) is 2.64. The van der Waals surface area contributed by atoms with Crippen molar-refractivity contribution >= 4 is 29.5 Å². The van der Waals surface area contributed by atoms with Gasteiger partial charge in [-0.2, -0.15) is 5.26 Å². The topological polar surface area (TPSA) is 104 Å². The van der Waals surface area contributed by atoms with Crippen molar-refractivity contribution < 1.29 is 19.4 Å². The summed E-state index contributed by atoms with van der Waals surface area (Å²) in [7, 11) is 0. The standard InChI is InChI=1S/C22H31N3O4S/c1-21(2,3)16-14(12-23)17(24-18(30-7)15(16)19(26)27)25-10-8-13(9-11-25)20(28)29-22(4,5)6/h13H,8-11H2,1-7H3,(H,26,27).